The van der Waals surface area contributed by atoms with E-state index in [9.17, 15) is 9.59 Å². The molecule has 0 aliphatic heterocycles. The number of carbonyl (C=O) groups is 2. The van der Waals surface area contributed by atoms with Crippen LogP contribution in [0.15, 0.2) is 109 Å². The molecule has 0 fully saturated rings. The standard InChI is InChI=1S/C29H27N3O3/c33-28(31-24-14-16-27(17-15-24)35-19-18-22-8-3-1-4-9-22)21-30-25-12-7-13-26(20-25)32-29(34)23-10-5-2-6-11-23/h1-17,20,30H,18-19,21H2,(H,31,33)(H,32,34). The van der Waals surface area contributed by atoms with Crippen molar-refractivity contribution in [3.8, 4) is 5.75 Å². The second-order valence-corrected chi connectivity index (χ2v) is 7.91. The highest BCUT2D eigenvalue weighted by molar-refractivity contribution is 6.04. The molecule has 0 radical (unpaired) electrons. The van der Waals surface area contributed by atoms with Crippen LogP contribution in [0.2, 0.25) is 0 Å². The Bertz CT molecular complexity index is 1240. The molecule has 0 bridgehead atoms. The lowest BCUT2D eigenvalue weighted by Gasteiger charge is -2.11. The third-order valence-corrected chi connectivity index (χ3v) is 5.25. The Morgan fingerprint density at radius 2 is 1.34 bits per heavy atom. The molecule has 4 aromatic carbocycles. The van der Waals surface area contributed by atoms with Crippen molar-refractivity contribution in [2.24, 2.45) is 0 Å². The van der Waals surface area contributed by atoms with Gasteiger partial charge in [0.2, 0.25) is 5.91 Å². The highest BCUT2D eigenvalue weighted by Crippen LogP contribution is 2.18. The minimum Gasteiger partial charge on any atom is -0.493 e. The van der Waals surface area contributed by atoms with Gasteiger partial charge >= 0.3 is 0 Å². The van der Waals surface area contributed by atoms with Crippen molar-refractivity contribution < 1.29 is 14.3 Å². The van der Waals surface area contributed by atoms with Crippen LogP contribution in [0.4, 0.5) is 17.1 Å². The van der Waals surface area contributed by atoms with E-state index in [-0.39, 0.29) is 18.4 Å². The molecule has 0 heterocycles. The number of hydrogen-bond donors (Lipinski definition) is 3. The van der Waals surface area contributed by atoms with Crippen LogP contribution < -0.4 is 20.7 Å². The molecule has 4 rings (SSSR count). The van der Waals surface area contributed by atoms with Crippen molar-refractivity contribution in [2.45, 2.75) is 6.42 Å². The minimum absolute atomic E-state index is 0.0887. The van der Waals surface area contributed by atoms with Crippen molar-refractivity contribution in [2.75, 3.05) is 29.1 Å². The molecule has 6 nitrogen and oxygen atoms in total. The lowest BCUT2D eigenvalue weighted by Crippen LogP contribution is -2.21. The first-order valence-corrected chi connectivity index (χ1v) is 11.4. The van der Waals surface area contributed by atoms with Gasteiger partial charge in [-0.2, -0.15) is 0 Å². The summed E-state index contributed by atoms with van der Waals surface area (Å²) in [5, 5.41) is 8.81. The van der Waals surface area contributed by atoms with Crippen LogP contribution in [0, 0.1) is 0 Å². The second-order valence-electron chi connectivity index (χ2n) is 7.91. The lowest BCUT2D eigenvalue weighted by atomic mass is 10.2. The van der Waals surface area contributed by atoms with E-state index in [2.05, 4.69) is 28.1 Å². The molecule has 0 aliphatic carbocycles. The maximum Gasteiger partial charge on any atom is 0.255 e. The van der Waals surface area contributed by atoms with Crippen LogP contribution >= 0.6 is 0 Å². The maximum absolute atomic E-state index is 12.4. The van der Waals surface area contributed by atoms with Gasteiger partial charge in [-0.3, -0.25) is 9.59 Å². The van der Waals surface area contributed by atoms with E-state index in [1.54, 1.807) is 24.3 Å². The molecule has 176 valence electrons. The molecule has 0 saturated carbocycles. The number of anilines is 3. The summed E-state index contributed by atoms with van der Waals surface area (Å²) in [6, 6.07) is 33.7. The van der Waals surface area contributed by atoms with E-state index in [0.717, 1.165) is 17.9 Å². The molecule has 35 heavy (non-hydrogen) atoms. The lowest BCUT2D eigenvalue weighted by molar-refractivity contribution is -0.114. The van der Waals surface area contributed by atoms with Crippen LogP contribution in [0.3, 0.4) is 0 Å². The molecular formula is C29H27N3O3. The Hall–Kier alpha value is -4.58. The SMILES string of the molecule is O=C(CNc1cccc(NC(=O)c2ccccc2)c1)Nc1ccc(OCCc2ccccc2)cc1. The molecule has 0 saturated heterocycles. The first-order chi connectivity index (χ1) is 17.2. The van der Waals surface area contributed by atoms with Crippen molar-refractivity contribution in [3.63, 3.8) is 0 Å². The summed E-state index contributed by atoms with van der Waals surface area (Å²) in [6.45, 7) is 0.677. The fourth-order valence-corrected chi connectivity index (χ4v) is 3.45. The summed E-state index contributed by atoms with van der Waals surface area (Å²) in [7, 11) is 0. The minimum atomic E-state index is -0.187. The molecule has 3 N–H and O–H groups in total. The zero-order valence-corrected chi connectivity index (χ0v) is 19.2. The third kappa shape index (κ3) is 7.47. The smallest absolute Gasteiger partial charge is 0.255 e. The first kappa shape index (κ1) is 23.6. The largest absolute Gasteiger partial charge is 0.493 e. The Labute approximate surface area is 205 Å². The molecule has 6 heteroatoms. The van der Waals surface area contributed by atoms with E-state index in [4.69, 9.17) is 4.74 Å². The van der Waals surface area contributed by atoms with Gasteiger partial charge in [-0.25, -0.2) is 0 Å². The monoisotopic (exact) mass is 465 g/mol. The topological polar surface area (TPSA) is 79.5 Å². The van der Waals surface area contributed by atoms with Crippen LogP contribution in [-0.4, -0.2) is 25.0 Å². The number of amides is 2. The van der Waals surface area contributed by atoms with Gasteiger partial charge in [0.25, 0.3) is 5.91 Å². The van der Waals surface area contributed by atoms with Gasteiger partial charge in [0, 0.05) is 29.0 Å². The highest BCUT2D eigenvalue weighted by Gasteiger charge is 2.07. The first-order valence-electron chi connectivity index (χ1n) is 11.4. The Kier molecular flexibility index (Phi) is 8.11. The summed E-state index contributed by atoms with van der Waals surface area (Å²) in [5.74, 6) is 0.390. The molecule has 0 aromatic heterocycles. The molecular weight excluding hydrogens is 438 g/mol. The van der Waals surface area contributed by atoms with Crippen LogP contribution in [0.5, 0.6) is 5.75 Å². The average Bonchev–Trinajstić information content (AvgIpc) is 2.90. The zero-order chi connectivity index (χ0) is 24.3. The molecule has 2 amide bonds. The normalized spacial score (nSPS) is 10.3. The number of carbonyl (C=O) groups excluding carboxylic acids is 2. The van der Waals surface area contributed by atoms with E-state index >= 15 is 0 Å². The van der Waals surface area contributed by atoms with Gasteiger partial charge in [-0.05, 0) is 60.2 Å². The van der Waals surface area contributed by atoms with Crippen molar-refractivity contribution in [3.05, 3.63) is 120 Å². The summed E-state index contributed by atoms with van der Waals surface area (Å²) in [4.78, 5) is 24.7. The van der Waals surface area contributed by atoms with Gasteiger partial charge in [-0.15, -0.1) is 0 Å². The molecule has 0 atom stereocenters. The van der Waals surface area contributed by atoms with Crippen LogP contribution in [0.1, 0.15) is 15.9 Å². The van der Waals surface area contributed by atoms with Gasteiger partial charge in [0.05, 0.1) is 13.2 Å². The van der Waals surface area contributed by atoms with Gasteiger partial charge in [0.15, 0.2) is 0 Å². The van der Waals surface area contributed by atoms with E-state index < -0.39 is 0 Å². The quantitative estimate of drug-likeness (QED) is 0.284. The molecule has 4 aromatic rings. The summed E-state index contributed by atoms with van der Waals surface area (Å²) >= 11 is 0. The number of benzene rings is 4. The Balaban J connectivity index is 1.21. The number of ether oxygens (including phenoxy) is 1. The van der Waals surface area contributed by atoms with Gasteiger partial charge in [0.1, 0.15) is 5.75 Å². The van der Waals surface area contributed by atoms with Crippen LogP contribution in [0.25, 0.3) is 0 Å². The fraction of sp³-hybridized carbons (Fsp3) is 0.103. The molecule has 0 unspecified atom stereocenters. The number of rotatable bonds is 10. The summed E-state index contributed by atoms with van der Waals surface area (Å²) < 4.78 is 5.79. The predicted octanol–water partition coefficient (Wildman–Crippen LogP) is 5.61. The summed E-state index contributed by atoms with van der Waals surface area (Å²) in [6.07, 6.45) is 0.835. The van der Waals surface area contributed by atoms with Gasteiger partial charge in [-0.1, -0.05) is 54.6 Å². The van der Waals surface area contributed by atoms with Crippen molar-refractivity contribution in [1.29, 1.82) is 0 Å². The number of hydrogen-bond acceptors (Lipinski definition) is 4. The van der Waals surface area contributed by atoms with E-state index in [1.807, 2.05) is 72.8 Å². The van der Waals surface area contributed by atoms with E-state index in [0.29, 0.717) is 23.5 Å². The molecule has 0 aliphatic rings. The second kappa shape index (κ2) is 12.0. The fourth-order valence-electron chi connectivity index (χ4n) is 3.45. The highest BCUT2D eigenvalue weighted by atomic mass is 16.5. The summed E-state index contributed by atoms with van der Waals surface area (Å²) in [5.41, 5.74) is 3.88. The van der Waals surface area contributed by atoms with Crippen molar-refractivity contribution >= 4 is 28.9 Å². The van der Waals surface area contributed by atoms with E-state index in [1.165, 1.54) is 5.56 Å². The van der Waals surface area contributed by atoms with Gasteiger partial charge < -0.3 is 20.7 Å². The Morgan fingerprint density at radius 3 is 2.09 bits per heavy atom. The van der Waals surface area contributed by atoms with Crippen molar-refractivity contribution in [1.82, 2.24) is 0 Å². The molecule has 0 spiro atoms. The maximum atomic E-state index is 12.4. The Morgan fingerprint density at radius 1 is 0.657 bits per heavy atom. The zero-order valence-electron chi connectivity index (χ0n) is 19.2. The number of nitrogens with one attached hydrogen (secondary N) is 3. The third-order valence-electron chi connectivity index (χ3n) is 5.25. The van der Waals surface area contributed by atoms with Crippen LogP contribution in [-0.2, 0) is 11.2 Å². The predicted molar refractivity (Wildman–Crippen MR) is 140 cm³/mol. The average molecular weight is 466 g/mol.